The van der Waals surface area contributed by atoms with Gasteiger partial charge >= 0.3 is 0 Å². The van der Waals surface area contributed by atoms with Crippen molar-refractivity contribution in [3.05, 3.63) is 24.0 Å². The Morgan fingerprint density at radius 3 is 3.00 bits per heavy atom. The Kier molecular flexibility index (Phi) is 4.24. The molecule has 2 heterocycles. The second kappa shape index (κ2) is 6.53. The Bertz CT molecular complexity index is 736. The van der Waals surface area contributed by atoms with Gasteiger partial charge in [0.05, 0.1) is 11.0 Å². The van der Waals surface area contributed by atoms with Crippen molar-refractivity contribution in [2.75, 3.05) is 11.9 Å². The number of benzene rings is 1. The van der Waals surface area contributed by atoms with E-state index in [1.54, 1.807) is 0 Å². The van der Waals surface area contributed by atoms with E-state index < -0.39 is 0 Å². The third-order valence-electron chi connectivity index (χ3n) is 5.09. The lowest BCUT2D eigenvalue weighted by Crippen LogP contribution is -2.34. The maximum atomic E-state index is 12.5. The van der Waals surface area contributed by atoms with E-state index in [1.807, 2.05) is 18.2 Å². The molecular formula is C18H24N4O2. The molecule has 2 aliphatic rings. The molecule has 1 saturated heterocycles. The van der Waals surface area contributed by atoms with Crippen molar-refractivity contribution in [1.82, 2.24) is 9.97 Å². The predicted octanol–water partition coefficient (Wildman–Crippen LogP) is 2.87. The number of carbonyl (C=O) groups is 1. The summed E-state index contributed by atoms with van der Waals surface area (Å²) in [5, 5.41) is 3.03. The van der Waals surface area contributed by atoms with E-state index in [2.05, 4.69) is 15.3 Å². The summed E-state index contributed by atoms with van der Waals surface area (Å²) in [6, 6.07) is 5.94. The summed E-state index contributed by atoms with van der Waals surface area (Å²) in [5.74, 6) is 0.973. The fourth-order valence-electron chi connectivity index (χ4n) is 3.76. The van der Waals surface area contributed by atoms with E-state index >= 15 is 0 Å². The van der Waals surface area contributed by atoms with Crippen LogP contribution in [0.5, 0.6) is 0 Å². The molecule has 0 radical (unpaired) electrons. The first-order valence-corrected chi connectivity index (χ1v) is 8.87. The SMILES string of the molecule is NC1CCCC(C(=O)Nc2ccc3nc(C4CCCO4)[nH]c3c2)C1. The normalized spacial score (nSPS) is 27.5. The van der Waals surface area contributed by atoms with Gasteiger partial charge in [-0.2, -0.15) is 0 Å². The van der Waals surface area contributed by atoms with E-state index in [9.17, 15) is 4.79 Å². The van der Waals surface area contributed by atoms with E-state index in [-0.39, 0.29) is 24.0 Å². The minimum absolute atomic E-state index is 0.0219. The van der Waals surface area contributed by atoms with Crippen molar-refractivity contribution in [1.29, 1.82) is 0 Å². The molecule has 1 aliphatic heterocycles. The van der Waals surface area contributed by atoms with Gasteiger partial charge in [-0.1, -0.05) is 6.42 Å². The number of nitrogens with one attached hydrogen (secondary N) is 2. The number of hydrogen-bond donors (Lipinski definition) is 3. The fourth-order valence-corrected chi connectivity index (χ4v) is 3.76. The molecule has 1 saturated carbocycles. The standard InChI is InChI=1S/C18H24N4O2/c19-12-4-1-3-11(9-12)18(23)20-13-6-7-14-15(10-13)22-17(21-14)16-5-2-8-24-16/h6-7,10-12,16H,1-5,8-9,19H2,(H,20,23)(H,21,22). The lowest BCUT2D eigenvalue weighted by Gasteiger charge is -2.25. The molecule has 2 aromatic rings. The first-order chi connectivity index (χ1) is 11.7. The summed E-state index contributed by atoms with van der Waals surface area (Å²) in [5.41, 5.74) is 8.62. The molecule has 1 aromatic carbocycles. The maximum Gasteiger partial charge on any atom is 0.227 e. The summed E-state index contributed by atoms with van der Waals surface area (Å²) >= 11 is 0. The second-order valence-corrected chi connectivity index (χ2v) is 6.97. The van der Waals surface area contributed by atoms with Crippen LogP contribution in [0.2, 0.25) is 0 Å². The largest absolute Gasteiger partial charge is 0.370 e. The summed E-state index contributed by atoms with van der Waals surface area (Å²) in [4.78, 5) is 20.4. The highest BCUT2D eigenvalue weighted by Gasteiger charge is 2.25. The van der Waals surface area contributed by atoms with E-state index in [0.717, 1.165) is 67.7 Å². The van der Waals surface area contributed by atoms with Gasteiger partial charge in [-0.05, 0) is 50.3 Å². The van der Waals surface area contributed by atoms with Gasteiger partial charge in [0, 0.05) is 24.3 Å². The third kappa shape index (κ3) is 3.16. The molecule has 24 heavy (non-hydrogen) atoms. The van der Waals surface area contributed by atoms with E-state index in [0.29, 0.717) is 0 Å². The number of nitrogens with two attached hydrogens (primary N) is 1. The molecule has 1 aliphatic carbocycles. The van der Waals surface area contributed by atoms with Gasteiger partial charge in [-0.25, -0.2) is 4.98 Å². The molecule has 128 valence electrons. The number of H-pyrrole nitrogens is 1. The molecule has 2 fully saturated rings. The summed E-state index contributed by atoms with van der Waals surface area (Å²) in [6.07, 6.45) is 5.91. The molecule has 3 atom stereocenters. The van der Waals surface area contributed by atoms with Crippen LogP contribution in [0.25, 0.3) is 11.0 Å². The van der Waals surface area contributed by atoms with Crippen molar-refractivity contribution in [2.45, 2.75) is 50.7 Å². The highest BCUT2D eigenvalue weighted by molar-refractivity contribution is 5.94. The molecular weight excluding hydrogens is 304 g/mol. The van der Waals surface area contributed by atoms with Gasteiger partial charge in [-0.15, -0.1) is 0 Å². The topological polar surface area (TPSA) is 93.0 Å². The van der Waals surface area contributed by atoms with Crippen LogP contribution in [0.3, 0.4) is 0 Å². The van der Waals surface area contributed by atoms with Crippen LogP contribution in [-0.2, 0) is 9.53 Å². The average Bonchev–Trinajstić information content (AvgIpc) is 3.23. The van der Waals surface area contributed by atoms with Gasteiger partial charge in [0.25, 0.3) is 0 Å². The van der Waals surface area contributed by atoms with Crippen molar-refractivity contribution >= 4 is 22.6 Å². The highest BCUT2D eigenvalue weighted by Crippen LogP contribution is 2.29. The zero-order valence-corrected chi connectivity index (χ0v) is 13.8. The molecule has 3 unspecified atom stereocenters. The first kappa shape index (κ1) is 15.6. The number of nitrogens with zero attached hydrogens (tertiary/aromatic N) is 1. The van der Waals surface area contributed by atoms with Crippen molar-refractivity contribution in [2.24, 2.45) is 11.7 Å². The van der Waals surface area contributed by atoms with Crippen LogP contribution in [0.1, 0.15) is 50.5 Å². The Morgan fingerprint density at radius 2 is 2.21 bits per heavy atom. The van der Waals surface area contributed by atoms with Crippen LogP contribution < -0.4 is 11.1 Å². The number of aromatic nitrogens is 2. The summed E-state index contributed by atoms with van der Waals surface area (Å²) in [6.45, 7) is 0.798. The van der Waals surface area contributed by atoms with Gasteiger partial charge in [0.1, 0.15) is 11.9 Å². The zero-order valence-electron chi connectivity index (χ0n) is 13.8. The van der Waals surface area contributed by atoms with Crippen LogP contribution in [0, 0.1) is 5.92 Å². The molecule has 1 aromatic heterocycles. The number of ether oxygens (including phenoxy) is 1. The predicted molar refractivity (Wildman–Crippen MR) is 92.6 cm³/mol. The smallest absolute Gasteiger partial charge is 0.227 e. The number of aromatic amines is 1. The van der Waals surface area contributed by atoms with Crippen molar-refractivity contribution < 1.29 is 9.53 Å². The van der Waals surface area contributed by atoms with Crippen LogP contribution >= 0.6 is 0 Å². The van der Waals surface area contributed by atoms with Crippen molar-refractivity contribution in [3.63, 3.8) is 0 Å². The van der Waals surface area contributed by atoms with Crippen LogP contribution in [0.15, 0.2) is 18.2 Å². The number of hydrogen-bond acceptors (Lipinski definition) is 4. The highest BCUT2D eigenvalue weighted by atomic mass is 16.5. The lowest BCUT2D eigenvalue weighted by molar-refractivity contribution is -0.120. The molecule has 6 nitrogen and oxygen atoms in total. The minimum Gasteiger partial charge on any atom is -0.370 e. The monoisotopic (exact) mass is 328 g/mol. The lowest BCUT2D eigenvalue weighted by atomic mass is 9.85. The number of rotatable bonds is 3. The Morgan fingerprint density at radius 1 is 1.29 bits per heavy atom. The first-order valence-electron chi connectivity index (χ1n) is 8.87. The number of carbonyl (C=O) groups excluding carboxylic acids is 1. The van der Waals surface area contributed by atoms with E-state index in [4.69, 9.17) is 10.5 Å². The quantitative estimate of drug-likeness (QED) is 0.807. The van der Waals surface area contributed by atoms with E-state index in [1.165, 1.54) is 0 Å². The molecule has 4 rings (SSSR count). The molecule has 4 N–H and O–H groups in total. The van der Waals surface area contributed by atoms with Gasteiger partial charge in [0.15, 0.2) is 0 Å². The van der Waals surface area contributed by atoms with Gasteiger partial charge < -0.3 is 20.8 Å². The molecule has 0 bridgehead atoms. The van der Waals surface area contributed by atoms with Gasteiger partial charge in [-0.3, -0.25) is 4.79 Å². The summed E-state index contributed by atoms with van der Waals surface area (Å²) < 4.78 is 5.68. The summed E-state index contributed by atoms with van der Waals surface area (Å²) in [7, 11) is 0. The Labute approximate surface area is 141 Å². The number of imidazole rings is 1. The number of fused-ring (bicyclic) bond motifs is 1. The van der Waals surface area contributed by atoms with Gasteiger partial charge in [0.2, 0.25) is 5.91 Å². The number of anilines is 1. The maximum absolute atomic E-state index is 12.5. The number of amides is 1. The molecule has 0 spiro atoms. The van der Waals surface area contributed by atoms with Crippen LogP contribution in [0.4, 0.5) is 5.69 Å². The van der Waals surface area contributed by atoms with Crippen molar-refractivity contribution in [3.8, 4) is 0 Å². The Balaban J connectivity index is 1.49. The third-order valence-corrected chi connectivity index (χ3v) is 5.09. The van der Waals surface area contributed by atoms with Crippen LogP contribution in [-0.4, -0.2) is 28.5 Å². The molecule has 6 heteroatoms. The second-order valence-electron chi connectivity index (χ2n) is 6.97. The minimum atomic E-state index is 0.0219. The fraction of sp³-hybridized carbons (Fsp3) is 0.556. The average molecular weight is 328 g/mol. The zero-order chi connectivity index (χ0) is 16.5. The molecule has 1 amide bonds. The Hall–Kier alpha value is -1.92.